The molecule has 0 amide bonds. The third kappa shape index (κ3) is 4.32. The van der Waals surface area contributed by atoms with Crippen LogP contribution in [0.4, 0.5) is 11.6 Å². The van der Waals surface area contributed by atoms with Gasteiger partial charge in [0.05, 0.1) is 24.1 Å². The minimum Gasteiger partial charge on any atom is -0.490 e. The number of nitrogens with zero attached hydrogens (tertiary/aromatic N) is 7. The zero-order valence-electron chi connectivity index (χ0n) is 19.4. The number of nitrogens with one attached hydrogen (secondary N) is 1. The Morgan fingerprint density at radius 2 is 2.06 bits per heavy atom. The third-order valence-electron chi connectivity index (χ3n) is 5.97. The lowest BCUT2D eigenvalue weighted by molar-refractivity contribution is 0.114. The Balaban J connectivity index is 1.54. The molecular formula is C24H28N8O2. The molecule has 1 saturated heterocycles. The van der Waals surface area contributed by atoms with Gasteiger partial charge < -0.3 is 15.0 Å². The first kappa shape index (κ1) is 21.9. The average molecular weight is 461 g/mol. The van der Waals surface area contributed by atoms with Crippen LogP contribution in [0.15, 0.2) is 60.3 Å². The molecule has 0 spiro atoms. The maximum absolute atomic E-state index is 13.2. The van der Waals surface area contributed by atoms with Gasteiger partial charge in [0.15, 0.2) is 5.65 Å². The summed E-state index contributed by atoms with van der Waals surface area (Å²) in [7, 11) is 3.97. The molecule has 10 heteroatoms. The van der Waals surface area contributed by atoms with Crippen LogP contribution in [0.5, 0.6) is 5.75 Å². The molecule has 1 aliphatic rings. The summed E-state index contributed by atoms with van der Waals surface area (Å²) in [5.74, 6) is 1.15. The molecule has 34 heavy (non-hydrogen) atoms. The number of fused-ring (bicyclic) bond motifs is 1. The zero-order valence-corrected chi connectivity index (χ0v) is 19.4. The van der Waals surface area contributed by atoms with Crippen molar-refractivity contribution < 1.29 is 4.74 Å². The Labute approximate surface area is 197 Å². The van der Waals surface area contributed by atoms with Crippen molar-refractivity contribution in [3.8, 4) is 11.4 Å². The number of allylic oxidation sites excluding steroid dienone is 1. The second kappa shape index (κ2) is 9.14. The van der Waals surface area contributed by atoms with E-state index in [1.165, 1.54) is 0 Å². The summed E-state index contributed by atoms with van der Waals surface area (Å²) < 4.78 is 11.4. The summed E-state index contributed by atoms with van der Waals surface area (Å²) in [6.45, 7) is 6.20. The van der Waals surface area contributed by atoms with Crippen LogP contribution in [0, 0.1) is 0 Å². The summed E-state index contributed by atoms with van der Waals surface area (Å²) in [6, 6.07) is 7.78. The van der Waals surface area contributed by atoms with Crippen LogP contribution < -0.4 is 15.6 Å². The van der Waals surface area contributed by atoms with E-state index in [-0.39, 0.29) is 11.7 Å². The maximum Gasteiger partial charge on any atom is 0.278 e. The van der Waals surface area contributed by atoms with Crippen molar-refractivity contribution in [2.45, 2.75) is 25.5 Å². The Hall–Kier alpha value is -3.92. The Bertz CT molecular complexity index is 1380. The van der Waals surface area contributed by atoms with Gasteiger partial charge in [0.1, 0.15) is 17.2 Å². The van der Waals surface area contributed by atoms with Crippen molar-refractivity contribution in [3.05, 3.63) is 65.9 Å². The molecule has 0 aliphatic carbocycles. The number of hydrogen-bond acceptors (Lipinski definition) is 7. The molecular weight excluding hydrogens is 432 g/mol. The third-order valence-corrected chi connectivity index (χ3v) is 5.97. The lowest BCUT2D eigenvalue weighted by Crippen LogP contribution is -2.35. The highest BCUT2D eigenvalue weighted by Gasteiger charge is 2.20. The predicted octanol–water partition coefficient (Wildman–Crippen LogP) is 2.72. The fraction of sp³-hybridized carbons (Fsp3) is 0.333. The molecule has 0 saturated carbocycles. The van der Waals surface area contributed by atoms with Gasteiger partial charge in [-0.15, -0.1) is 6.58 Å². The van der Waals surface area contributed by atoms with Crippen LogP contribution in [0.3, 0.4) is 0 Å². The molecule has 1 aliphatic heterocycles. The van der Waals surface area contributed by atoms with Gasteiger partial charge in [-0.1, -0.05) is 12.1 Å². The van der Waals surface area contributed by atoms with E-state index in [4.69, 9.17) is 4.74 Å². The van der Waals surface area contributed by atoms with E-state index in [0.717, 1.165) is 43.1 Å². The second-order valence-corrected chi connectivity index (χ2v) is 8.56. The van der Waals surface area contributed by atoms with E-state index < -0.39 is 0 Å². The van der Waals surface area contributed by atoms with Crippen molar-refractivity contribution in [1.82, 2.24) is 34.0 Å². The fourth-order valence-corrected chi connectivity index (χ4v) is 4.24. The molecule has 0 radical (unpaired) electrons. The topological polar surface area (TPSA) is 95.0 Å². The van der Waals surface area contributed by atoms with E-state index in [2.05, 4.69) is 38.9 Å². The largest absolute Gasteiger partial charge is 0.490 e. The van der Waals surface area contributed by atoms with Gasteiger partial charge >= 0.3 is 0 Å². The van der Waals surface area contributed by atoms with Crippen LogP contribution in [0.25, 0.3) is 16.7 Å². The van der Waals surface area contributed by atoms with Gasteiger partial charge in [0, 0.05) is 38.6 Å². The maximum atomic E-state index is 13.2. The molecule has 1 fully saturated rings. The van der Waals surface area contributed by atoms with Crippen LogP contribution in [0.1, 0.15) is 12.8 Å². The van der Waals surface area contributed by atoms with Gasteiger partial charge in [0.25, 0.3) is 5.56 Å². The van der Waals surface area contributed by atoms with Crippen molar-refractivity contribution >= 4 is 22.7 Å². The van der Waals surface area contributed by atoms with Crippen molar-refractivity contribution in [1.29, 1.82) is 0 Å². The summed E-state index contributed by atoms with van der Waals surface area (Å²) >= 11 is 0. The molecule has 4 heterocycles. The normalized spacial score (nSPS) is 15.0. The predicted molar refractivity (Wildman–Crippen MR) is 131 cm³/mol. The van der Waals surface area contributed by atoms with Gasteiger partial charge in [-0.3, -0.25) is 9.48 Å². The molecule has 10 nitrogen and oxygen atoms in total. The zero-order chi connectivity index (χ0) is 23.7. The van der Waals surface area contributed by atoms with Crippen LogP contribution >= 0.6 is 0 Å². The van der Waals surface area contributed by atoms with Crippen LogP contribution in [0.2, 0.25) is 0 Å². The number of benzene rings is 1. The number of likely N-dealkylation sites (tertiary alicyclic amines) is 1. The molecule has 1 N–H and O–H groups in total. The molecule has 0 atom stereocenters. The molecule has 0 bridgehead atoms. The smallest absolute Gasteiger partial charge is 0.278 e. The summed E-state index contributed by atoms with van der Waals surface area (Å²) in [6.07, 6.45) is 8.92. The molecule has 3 aromatic heterocycles. The number of piperidine rings is 1. The molecule has 1 aromatic carbocycles. The SMILES string of the molecule is C=CCn1c(=O)c2cnc(Nc3cnn(C)c3)nc2n1-c1cccc(OC2CCN(C)CC2)c1. The average Bonchev–Trinajstić information content (AvgIpc) is 3.36. The lowest BCUT2D eigenvalue weighted by Gasteiger charge is -2.29. The Morgan fingerprint density at radius 3 is 2.79 bits per heavy atom. The Kier molecular flexibility index (Phi) is 5.89. The number of aryl methyl sites for hydroxylation is 1. The molecule has 0 unspecified atom stereocenters. The minimum atomic E-state index is -0.176. The number of rotatable bonds is 7. The lowest BCUT2D eigenvalue weighted by atomic mass is 10.1. The number of anilines is 2. The molecule has 5 rings (SSSR count). The first-order valence-corrected chi connectivity index (χ1v) is 11.3. The second-order valence-electron chi connectivity index (χ2n) is 8.56. The van der Waals surface area contributed by atoms with E-state index >= 15 is 0 Å². The van der Waals surface area contributed by atoms with E-state index in [9.17, 15) is 4.79 Å². The standard InChI is InChI=1S/C24H28N8O2/c1-4-10-31-23(33)21-15-25-24(27-17-14-26-30(3)16-17)28-22(21)32(31)18-6-5-7-20(13-18)34-19-8-11-29(2)12-9-19/h4-7,13-16,19H,1,8-12H2,2-3H3,(H,25,27,28). The number of hydrogen-bond donors (Lipinski definition) is 1. The van der Waals surface area contributed by atoms with Crippen molar-refractivity contribution in [2.24, 2.45) is 7.05 Å². The van der Waals surface area contributed by atoms with E-state index in [1.54, 1.807) is 32.5 Å². The summed E-state index contributed by atoms with van der Waals surface area (Å²) in [5.41, 5.74) is 1.87. The van der Waals surface area contributed by atoms with Crippen molar-refractivity contribution in [2.75, 3.05) is 25.5 Å². The first-order chi connectivity index (χ1) is 16.5. The highest BCUT2D eigenvalue weighted by molar-refractivity contribution is 5.77. The monoisotopic (exact) mass is 460 g/mol. The number of ether oxygens (including phenoxy) is 1. The fourth-order valence-electron chi connectivity index (χ4n) is 4.24. The van der Waals surface area contributed by atoms with E-state index in [1.807, 2.05) is 37.5 Å². The van der Waals surface area contributed by atoms with Gasteiger partial charge in [0.2, 0.25) is 5.95 Å². The van der Waals surface area contributed by atoms with E-state index in [0.29, 0.717) is 23.5 Å². The number of aromatic nitrogens is 6. The van der Waals surface area contributed by atoms with Gasteiger partial charge in [-0.2, -0.15) is 10.1 Å². The van der Waals surface area contributed by atoms with Gasteiger partial charge in [-0.05, 0) is 32.0 Å². The van der Waals surface area contributed by atoms with Gasteiger partial charge in [-0.25, -0.2) is 14.3 Å². The highest BCUT2D eigenvalue weighted by atomic mass is 16.5. The van der Waals surface area contributed by atoms with Crippen LogP contribution in [-0.4, -0.2) is 60.3 Å². The minimum absolute atomic E-state index is 0.176. The molecule has 4 aromatic rings. The summed E-state index contributed by atoms with van der Waals surface area (Å²) in [4.78, 5) is 24.5. The quantitative estimate of drug-likeness (QED) is 0.424. The highest BCUT2D eigenvalue weighted by Crippen LogP contribution is 2.24. The Morgan fingerprint density at radius 1 is 1.24 bits per heavy atom. The van der Waals surface area contributed by atoms with Crippen LogP contribution in [-0.2, 0) is 13.6 Å². The summed E-state index contributed by atoms with van der Waals surface area (Å²) in [5, 5.41) is 7.73. The first-order valence-electron chi connectivity index (χ1n) is 11.3. The molecule has 176 valence electrons. The van der Waals surface area contributed by atoms with Crippen molar-refractivity contribution in [3.63, 3.8) is 0 Å².